The Labute approximate surface area is 127 Å². The fourth-order valence-corrected chi connectivity index (χ4v) is 2.46. The van der Waals surface area contributed by atoms with E-state index in [1.165, 1.54) is 0 Å². The van der Waals surface area contributed by atoms with Gasteiger partial charge in [0.1, 0.15) is 0 Å². The number of fused-ring (bicyclic) bond motifs is 3. The zero-order valence-electron chi connectivity index (χ0n) is 11.7. The van der Waals surface area contributed by atoms with E-state index in [9.17, 15) is 0 Å². The lowest BCUT2D eigenvalue weighted by Crippen LogP contribution is -1.87. The number of nitrogens with zero attached hydrogens (tertiary/aromatic N) is 4. The Bertz CT molecular complexity index is 978. The molecular weight excluding hydrogens is 272 g/mol. The lowest BCUT2D eigenvalue weighted by Gasteiger charge is -2.04. The molecule has 0 bridgehead atoms. The molecule has 4 nitrogen and oxygen atoms in total. The molecule has 0 aliphatic heterocycles. The van der Waals surface area contributed by atoms with E-state index in [2.05, 4.69) is 20.4 Å². The fraction of sp³-hybridized carbons (Fsp3) is 0. The number of azo groups is 1. The van der Waals surface area contributed by atoms with Crippen LogP contribution in [0.15, 0.2) is 83.0 Å². The van der Waals surface area contributed by atoms with Gasteiger partial charge in [-0.15, -0.1) is 15.3 Å². The molecule has 0 saturated carbocycles. The van der Waals surface area contributed by atoms with E-state index in [0.29, 0.717) is 0 Å². The van der Waals surface area contributed by atoms with Gasteiger partial charge in [-0.05, 0) is 30.3 Å². The second-order valence-corrected chi connectivity index (χ2v) is 4.92. The highest BCUT2D eigenvalue weighted by molar-refractivity contribution is 6.09. The van der Waals surface area contributed by atoms with E-state index in [0.717, 1.165) is 33.2 Å². The Hall–Kier alpha value is -3.14. The molecule has 3 aromatic carbocycles. The summed E-state index contributed by atoms with van der Waals surface area (Å²) in [5, 5.41) is 19.3. The first kappa shape index (κ1) is 12.6. The molecule has 1 heterocycles. The van der Waals surface area contributed by atoms with Crippen molar-refractivity contribution in [3.8, 4) is 0 Å². The van der Waals surface area contributed by atoms with E-state index in [-0.39, 0.29) is 0 Å². The van der Waals surface area contributed by atoms with Crippen LogP contribution in [0.5, 0.6) is 0 Å². The molecule has 0 amide bonds. The van der Waals surface area contributed by atoms with Crippen molar-refractivity contribution >= 4 is 33.2 Å². The topological polar surface area (TPSA) is 50.5 Å². The van der Waals surface area contributed by atoms with Gasteiger partial charge in [0.2, 0.25) is 0 Å². The van der Waals surface area contributed by atoms with Crippen LogP contribution in [0.3, 0.4) is 0 Å². The Balaban J connectivity index is 1.94. The summed E-state index contributed by atoms with van der Waals surface area (Å²) < 4.78 is 0. The summed E-state index contributed by atoms with van der Waals surface area (Å²) in [6.07, 6.45) is 0. The summed E-state index contributed by atoms with van der Waals surface area (Å²) in [5.41, 5.74) is 3.30. The molecule has 22 heavy (non-hydrogen) atoms. The quantitative estimate of drug-likeness (QED) is 0.375. The van der Waals surface area contributed by atoms with E-state index < -0.39 is 0 Å². The monoisotopic (exact) mass is 284 g/mol. The maximum Gasteiger partial charge on any atom is 0.0958 e. The molecule has 4 rings (SSSR count). The normalized spacial score (nSPS) is 11.5. The minimum Gasteiger partial charge on any atom is -0.151 e. The van der Waals surface area contributed by atoms with Crippen LogP contribution in [-0.4, -0.2) is 10.2 Å². The minimum atomic E-state index is 0.799. The van der Waals surface area contributed by atoms with Crippen LogP contribution in [0.1, 0.15) is 0 Å². The maximum atomic E-state index is 4.41. The molecule has 0 unspecified atom stereocenters. The van der Waals surface area contributed by atoms with E-state index in [1.54, 1.807) is 0 Å². The van der Waals surface area contributed by atoms with Crippen molar-refractivity contribution in [3.63, 3.8) is 0 Å². The summed E-state index contributed by atoms with van der Waals surface area (Å²) in [7, 11) is 0. The van der Waals surface area contributed by atoms with Crippen LogP contribution >= 0.6 is 0 Å². The molecule has 0 radical (unpaired) electrons. The molecule has 0 N–H and O–H groups in total. The van der Waals surface area contributed by atoms with Gasteiger partial charge in [0.15, 0.2) is 0 Å². The minimum absolute atomic E-state index is 0.799. The Morgan fingerprint density at radius 1 is 0.591 bits per heavy atom. The predicted octanol–water partition coefficient (Wildman–Crippen LogP) is 5.20. The summed E-state index contributed by atoms with van der Waals surface area (Å²) in [6.45, 7) is 0. The van der Waals surface area contributed by atoms with Crippen LogP contribution in [0, 0.1) is 0 Å². The van der Waals surface area contributed by atoms with Gasteiger partial charge in [0.05, 0.1) is 22.4 Å². The van der Waals surface area contributed by atoms with Crippen LogP contribution in [-0.2, 0) is 0 Å². The third-order valence-corrected chi connectivity index (χ3v) is 3.49. The molecule has 0 atom stereocenters. The highest BCUT2D eigenvalue weighted by Crippen LogP contribution is 2.31. The van der Waals surface area contributed by atoms with Crippen molar-refractivity contribution in [1.29, 1.82) is 0 Å². The molecule has 1 aromatic heterocycles. The maximum absolute atomic E-state index is 4.41. The highest BCUT2D eigenvalue weighted by Gasteiger charge is 2.07. The van der Waals surface area contributed by atoms with Crippen molar-refractivity contribution < 1.29 is 0 Å². The van der Waals surface area contributed by atoms with Crippen molar-refractivity contribution in [2.24, 2.45) is 10.2 Å². The van der Waals surface area contributed by atoms with Crippen molar-refractivity contribution in [1.82, 2.24) is 10.2 Å². The van der Waals surface area contributed by atoms with Gasteiger partial charge in [0.25, 0.3) is 0 Å². The zero-order chi connectivity index (χ0) is 14.8. The van der Waals surface area contributed by atoms with Crippen molar-refractivity contribution in [2.75, 3.05) is 0 Å². The second-order valence-electron chi connectivity index (χ2n) is 4.92. The third kappa shape index (κ3) is 2.20. The van der Waals surface area contributed by atoms with E-state index >= 15 is 0 Å². The van der Waals surface area contributed by atoms with Crippen molar-refractivity contribution in [3.05, 3.63) is 72.8 Å². The highest BCUT2D eigenvalue weighted by atomic mass is 15.1. The molecule has 4 aromatic rings. The molecule has 0 fully saturated rings. The van der Waals surface area contributed by atoms with Crippen LogP contribution in [0.4, 0.5) is 11.4 Å². The summed E-state index contributed by atoms with van der Waals surface area (Å²) in [5.74, 6) is 0. The first-order chi connectivity index (χ1) is 10.9. The third-order valence-electron chi connectivity index (χ3n) is 3.49. The Kier molecular flexibility index (Phi) is 3.05. The molecule has 0 saturated heterocycles. The van der Waals surface area contributed by atoms with Gasteiger partial charge in [0, 0.05) is 10.8 Å². The molecule has 4 heteroatoms. The number of hydrogen-bond donors (Lipinski definition) is 0. The zero-order valence-corrected chi connectivity index (χ0v) is 11.7. The molecular formula is C18H12N4. The van der Waals surface area contributed by atoms with E-state index in [1.807, 2.05) is 72.8 Å². The lowest BCUT2D eigenvalue weighted by molar-refractivity contribution is 1.12. The SMILES string of the molecule is c1ccc(N=Nc2cccc3nnc4ccccc4c23)cc1. The second kappa shape index (κ2) is 5.33. The van der Waals surface area contributed by atoms with Gasteiger partial charge < -0.3 is 0 Å². The van der Waals surface area contributed by atoms with Crippen molar-refractivity contribution in [2.45, 2.75) is 0 Å². The average Bonchev–Trinajstić information content (AvgIpc) is 2.60. The standard InChI is InChI=1S/C18H12N4/c1-2-7-13(8-3-1)19-21-16-11-6-12-17-18(16)14-9-4-5-10-15(14)20-22-17/h1-12H. The number of rotatable bonds is 2. The smallest absolute Gasteiger partial charge is 0.0958 e. The molecule has 104 valence electrons. The number of benzene rings is 3. The predicted molar refractivity (Wildman–Crippen MR) is 87.7 cm³/mol. The lowest BCUT2D eigenvalue weighted by atomic mass is 10.1. The largest absolute Gasteiger partial charge is 0.151 e. The van der Waals surface area contributed by atoms with Crippen LogP contribution in [0.25, 0.3) is 21.8 Å². The first-order valence-electron chi connectivity index (χ1n) is 7.03. The molecule has 0 spiro atoms. The molecule has 0 aliphatic rings. The van der Waals surface area contributed by atoms with Gasteiger partial charge in [-0.25, -0.2) is 0 Å². The van der Waals surface area contributed by atoms with Gasteiger partial charge >= 0.3 is 0 Å². The van der Waals surface area contributed by atoms with Gasteiger partial charge in [-0.1, -0.05) is 42.5 Å². The van der Waals surface area contributed by atoms with Gasteiger partial charge in [-0.3, -0.25) is 0 Å². The molecule has 0 aliphatic carbocycles. The first-order valence-corrected chi connectivity index (χ1v) is 7.03. The number of hydrogen-bond acceptors (Lipinski definition) is 4. The Morgan fingerprint density at radius 2 is 1.32 bits per heavy atom. The Morgan fingerprint density at radius 3 is 2.23 bits per heavy atom. The van der Waals surface area contributed by atoms with Gasteiger partial charge in [-0.2, -0.15) is 5.11 Å². The average molecular weight is 284 g/mol. The van der Waals surface area contributed by atoms with Crippen LogP contribution in [0.2, 0.25) is 0 Å². The van der Waals surface area contributed by atoms with E-state index in [4.69, 9.17) is 0 Å². The van der Waals surface area contributed by atoms with Crippen LogP contribution < -0.4 is 0 Å². The summed E-state index contributed by atoms with van der Waals surface area (Å²) in [4.78, 5) is 0. The number of aromatic nitrogens is 2. The summed E-state index contributed by atoms with van der Waals surface area (Å²) in [6, 6.07) is 23.4. The fourth-order valence-electron chi connectivity index (χ4n) is 2.46. The summed E-state index contributed by atoms with van der Waals surface area (Å²) >= 11 is 0.